The van der Waals surface area contributed by atoms with E-state index in [2.05, 4.69) is 0 Å². The maximum Gasteiger partial charge on any atom is 0.308 e. The van der Waals surface area contributed by atoms with E-state index < -0.39 is 28.0 Å². The van der Waals surface area contributed by atoms with Crippen LogP contribution >= 0.6 is 0 Å². The molecular formula is C8H5F2NO3. The zero-order valence-corrected chi connectivity index (χ0v) is 7.08. The summed E-state index contributed by atoms with van der Waals surface area (Å²) < 4.78 is 25.5. The molecule has 4 nitrogen and oxygen atoms in total. The van der Waals surface area contributed by atoms with Gasteiger partial charge in [-0.05, 0) is 13.0 Å². The highest BCUT2D eigenvalue weighted by Crippen LogP contribution is 2.21. The van der Waals surface area contributed by atoms with Gasteiger partial charge in [0.25, 0.3) is 0 Å². The summed E-state index contributed by atoms with van der Waals surface area (Å²) in [5, 5.41) is 10.2. The number of hydrogen-bond donors (Lipinski definition) is 0. The Morgan fingerprint density at radius 1 is 1.43 bits per heavy atom. The minimum Gasteiger partial charge on any atom is -0.295 e. The summed E-state index contributed by atoms with van der Waals surface area (Å²) in [6.45, 7) is 1.11. The first-order chi connectivity index (χ1) is 6.43. The molecule has 0 atom stereocenters. The highest BCUT2D eigenvalue weighted by molar-refractivity contribution is 5.94. The number of ketones is 1. The Hall–Kier alpha value is -1.85. The van der Waals surface area contributed by atoms with Crippen LogP contribution in [-0.4, -0.2) is 10.7 Å². The number of Topliss-reactive ketones (excluding diaryl/α,β-unsaturated/α-hetero) is 1. The van der Waals surface area contributed by atoms with Crippen LogP contribution in [0.15, 0.2) is 12.1 Å². The molecule has 0 aliphatic carbocycles. The van der Waals surface area contributed by atoms with Gasteiger partial charge in [-0.2, -0.15) is 4.39 Å². The summed E-state index contributed by atoms with van der Waals surface area (Å²) in [5.41, 5.74) is -1.26. The first-order valence-corrected chi connectivity index (χ1v) is 3.58. The minimum atomic E-state index is -1.56. The predicted octanol–water partition coefficient (Wildman–Crippen LogP) is 2.08. The van der Waals surface area contributed by atoms with Gasteiger partial charge >= 0.3 is 5.69 Å². The molecule has 1 rings (SSSR count). The van der Waals surface area contributed by atoms with Crippen molar-refractivity contribution >= 4 is 11.5 Å². The Bertz CT molecular complexity index is 417. The number of rotatable bonds is 2. The van der Waals surface area contributed by atoms with Gasteiger partial charge in [-0.25, -0.2) is 4.39 Å². The zero-order valence-electron chi connectivity index (χ0n) is 7.08. The van der Waals surface area contributed by atoms with Gasteiger partial charge in [0.2, 0.25) is 5.82 Å². The maximum atomic E-state index is 12.8. The van der Waals surface area contributed by atoms with Gasteiger partial charge in [-0.3, -0.25) is 14.9 Å². The van der Waals surface area contributed by atoms with Crippen LogP contribution < -0.4 is 0 Å². The second-order valence-electron chi connectivity index (χ2n) is 2.60. The Morgan fingerprint density at radius 2 is 2.00 bits per heavy atom. The van der Waals surface area contributed by atoms with E-state index in [0.29, 0.717) is 12.1 Å². The summed E-state index contributed by atoms with van der Waals surface area (Å²) in [5.74, 6) is -3.52. The molecule has 0 aliphatic rings. The lowest BCUT2D eigenvalue weighted by Gasteiger charge is -1.98. The predicted molar refractivity (Wildman–Crippen MR) is 43.0 cm³/mol. The number of hydrogen-bond acceptors (Lipinski definition) is 3. The van der Waals surface area contributed by atoms with Gasteiger partial charge in [0.05, 0.1) is 4.92 Å². The number of benzene rings is 1. The SMILES string of the molecule is CC(=O)c1cc(F)c(F)c([N+](=O)[O-])c1. The van der Waals surface area contributed by atoms with Crippen molar-refractivity contribution in [2.45, 2.75) is 6.92 Å². The summed E-state index contributed by atoms with van der Waals surface area (Å²) >= 11 is 0. The topological polar surface area (TPSA) is 60.2 Å². The molecule has 0 fully saturated rings. The Morgan fingerprint density at radius 3 is 2.43 bits per heavy atom. The van der Waals surface area contributed by atoms with Gasteiger partial charge in [0.15, 0.2) is 11.6 Å². The number of nitrogens with zero attached hydrogens (tertiary/aromatic N) is 1. The van der Waals surface area contributed by atoms with Crippen LogP contribution in [0.3, 0.4) is 0 Å². The second kappa shape index (κ2) is 3.49. The fraction of sp³-hybridized carbons (Fsp3) is 0.125. The first kappa shape index (κ1) is 10.2. The molecule has 6 heteroatoms. The van der Waals surface area contributed by atoms with E-state index in [0.717, 1.165) is 6.92 Å². The first-order valence-electron chi connectivity index (χ1n) is 3.58. The van der Waals surface area contributed by atoms with Crippen LogP contribution in [0.25, 0.3) is 0 Å². The normalized spacial score (nSPS) is 9.93. The van der Waals surface area contributed by atoms with Crippen LogP contribution in [0.1, 0.15) is 17.3 Å². The molecule has 1 aromatic rings. The van der Waals surface area contributed by atoms with E-state index in [1.54, 1.807) is 0 Å². The monoisotopic (exact) mass is 201 g/mol. The molecule has 0 heterocycles. The third-order valence-electron chi connectivity index (χ3n) is 1.61. The summed E-state index contributed by atoms with van der Waals surface area (Å²) in [7, 11) is 0. The van der Waals surface area contributed by atoms with Crippen LogP contribution in [0, 0.1) is 21.7 Å². The number of nitro groups is 1. The van der Waals surface area contributed by atoms with Crippen molar-refractivity contribution in [3.63, 3.8) is 0 Å². The number of halogens is 2. The molecular weight excluding hydrogens is 196 g/mol. The van der Waals surface area contributed by atoms with Gasteiger partial charge in [0.1, 0.15) is 0 Å². The second-order valence-corrected chi connectivity index (χ2v) is 2.60. The highest BCUT2D eigenvalue weighted by atomic mass is 19.2. The molecule has 0 unspecified atom stereocenters. The average molecular weight is 201 g/mol. The van der Waals surface area contributed by atoms with E-state index in [1.165, 1.54) is 0 Å². The molecule has 0 bridgehead atoms. The molecule has 0 aromatic heterocycles. The maximum absolute atomic E-state index is 12.8. The standard InChI is InChI=1S/C8H5F2NO3/c1-4(12)5-2-6(9)8(10)7(3-5)11(13)14/h2-3H,1H3. The van der Waals surface area contributed by atoms with Crippen LogP contribution in [0.5, 0.6) is 0 Å². The van der Waals surface area contributed by atoms with Crippen molar-refractivity contribution < 1.29 is 18.5 Å². The number of carbonyl (C=O) groups is 1. The molecule has 1 aromatic carbocycles. The van der Waals surface area contributed by atoms with Crippen molar-refractivity contribution in [1.82, 2.24) is 0 Å². The molecule has 0 N–H and O–H groups in total. The van der Waals surface area contributed by atoms with E-state index in [9.17, 15) is 23.7 Å². The van der Waals surface area contributed by atoms with E-state index >= 15 is 0 Å². The van der Waals surface area contributed by atoms with Gasteiger partial charge in [-0.15, -0.1) is 0 Å². The third kappa shape index (κ3) is 1.73. The minimum absolute atomic E-state index is 0.226. The Labute approximate surface area is 77.3 Å². The fourth-order valence-electron chi connectivity index (χ4n) is 0.911. The molecule has 0 radical (unpaired) electrons. The molecule has 0 spiro atoms. The number of carbonyl (C=O) groups excluding carboxylic acids is 1. The fourth-order valence-corrected chi connectivity index (χ4v) is 0.911. The summed E-state index contributed by atoms with van der Waals surface area (Å²) in [6, 6.07) is 1.34. The lowest BCUT2D eigenvalue weighted by atomic mass is 10.1. The van der Waals surface area contributed by atoms with E-state index in [1.807, 2.05) is 0 Å². The lowest BCUT2D eigenvalue weighted by molar-refractivity contribution is -0.387. The average Bonchev–Trinajstić information content (AvgIpc) is 2.08. The lowest BCUT2D eigenvalue weighted by Crippen LogP contribution is -2.01. The molecule has 0 saturated heterocycles. The molecule has 0 saturated carbocycles. The molecule has 0 amide bonds. The third-order valence-corrected chi connectivity index (χ3v) is 1.61. The highest BCUT2D eigenvalue weighted by Gasteiger charge is 2.21. The van der Waals surface area contributed by atoms with Crippen LogP contribution in [-0.2, 0) is 0 Å². The van der Waals surface area contributed by atoms with Gasteiger partial charge < -0.3 is 0 Å². The zero-order chi connectivity index (χ0) is 10.9. The van der Waals surface area contributed by atoms with Crippen molar-refractivity contribution in [3.8, 4) is 0 Å². The van der Waals surface area contributed by atoms with E-state index in [4.69, 9.17) is 0 Å². The summed E-state index contributed by atoms with van der Waals surface area (Å²) in [4.78, 5) is 19.9. The Kier molecular flexibility index (Phi) is 2.55. The number of nitro benzene ring substituents is 1. The molecule has 0 aliphatic heterocycles. The summed E-state index contributed by atoms with van der Waals surface area (Å²) in [6.07, 6.45) is 0. The van der Waals surface area contributed by atoms with Crippen molar-refractivity contribution in [2.24, 2.45) is 0 Å². The van der Waals surface area contributed by atoms with Crippen LogP contribution in [0.4, 0.5) is 14.5 Å². The van der Waals surface area contributed by atoms with Crippen molar-refractivity contribution in [2.75, 3.05) is 0 Å². The van der Waals surface area contributed by atoms with Gasteiger partial charge in [0, 0.05) is 11.6 Å². The quantitative estimate of drug-likeness (QED) is 0.418. The largest absolute Gasteiger partial charge is 0.308 e. The van der Waals surface area contributed by atoms with Gasteiger partial charge in [-0.1, -0.05) is 0 Å². The van der Waals surface area contributed by atoms with Crippen molar-refractivity contribution in [1.29, 1.82) is 0 Å². The molecule has 14 heavy (non-hydrogen) atoms. The smallest absolute Gasteiger partial charge is 0.295 e. The molecule has 74 valence electrons. The van der Waals surface area contributed by atoms with Crippen molar-refractivity contribution in [3.05, 3.63) is 39.4 Å². The van der Waals surface area contributed by atoms with E-state index in [-0.39, 0.29) is 5.56 Å². The van der Waals surface area contributed by atoms with Crippen LogP contribution in [0.2, 0.25) is 0 Å². The Balaban J connectivity index is 3.43.